The predicted octanol–water partition coefficient (Wildman–Crippen LogP) is 3.38. The summed E-state index contributed by atoms with van der Waals surface area (Å²) in [6.45, 7) is 8.14. The Morgan fingerprint density at radius 3 is 2.57 bits per heavy atom. The molecule has 1 heterocycles. The van der Waals surface area contributed by atoms with Gasteiger partial charge >= 0.3 is 0 Å². The fourth-order valence-corrected chi connectivity index (χ4v) is 3.64. The molecule has 4 nitrogen and oxygen atoms in total. The zero-order chi connectivity index (χ0) is 16.8. The lowest BCUT2D eigenvalue weighted by Gasteiger charge is -2.41. The van der Waals surface area contributed by atoms with Crippen LogP contribution >= 0.6 is 0 Å². The van der Waals surface area contributed by atoms with Gasteiger partial charge in [0.1, 0.15) is 5.75 Å². The second-order valence-corrected chi connectivity index (χ2v) is 7.16. The van der Waals surface area contributed by atoms with Gasteiger partial charge in [0.2, 0.25) is 0 Å². The van der Waals surface area contributed by atoms with Crippen LogP contribution < -0.4 is 5.32 Å². The number of carbonyl (C=O) groups excluding carboxylic acids is 1. The number of ketones is 1. The molecule has 0 saturated heterocycles. The summed E-state index contributed by atoms with van der Waals surface area (Å²) in [7, 11) is 0. The minimum atomic E-state index is -0.497. The van der Waals surface area contributed by atoms with E-state index in [1.54, 1.807) is 24.3 Å². The van der Waals surface area contributed by atoms with E-state index in [1.807, 2.05) is 0 Å². The van der Waals surface area contributed by atoms with Crippen LogP contribution in [0.5, 0.6) is 5.75 Å². The molecule has 1 aliphatic heterocycles. The Balaban J connectivity index is 2.16. The first-order chi connectivity index (χ1) is 10.8. The molecule has 23 heavy (non-hydrogen) atoms. The Hall–Kier alpha value is -2.54. The highest BCUT2D eigenvalue weighted by Gasteiger charge is 2.43. The van der Waals surface area contributed by atoms with Gasteiger partial charge in [-0.05, 0) is 29.5 Å². The van der Waals surface area contributed by atoms with E-state index < -0.39 is 5.92 Å². The lowest BCUT2D eigenvalue weighted by Crippen LogP contribution is -2.40. The van der Waals surface area contributed by atoms with Crippen LogP contribution in [0.2, 0.25) is 0 Å². The molecule has 0 aromatic heterocycles. The molecule has 2 unspecified atom stereocenters. The standard InChI is InChI=1S/C19H20N2O2/c1-11-14(10-20)17(12-4-6-13(22)7-5-12)18-15(21-11)8-19(2,3)9-16(18)23/h4-7,14,17,21-22H,1,8-9H2,2-3H3. The van der Waals surface area contributed by atoms with Crippen LogP contribution in [0.3, 0.4) is 0 Å². The number of aromatic hydroxyl groups is 1. The number of nitrogens with zero attached hydrogens (tertiary/aromatic N) is 1. The summed E-state index contributed by atoms with van der Waals surface area (Å²) in [6, 6.07) is 9.02. The Morgan fingerprint density at radius 2 is 1.96 bits per heavy atom. The maximum atomic E-state index is 12.8. The van der Waals surface area contributed by atoms with E-state index in [1.165, 1.54) is 0 Å². The normalized spacial score (nSPS) is 26.3. The molecule has 3 rings (SSSR count). The highest BCUT2D eigenvalue weighted by molar-refractivity contribution is 5.99. The van der Waals surface area contributed by atoms with Crippen molar-refractivity contribution < 1.29 is 9.90 Å². The summed E-state index contributed by atoms with van der Waals surface area (Å²) in [5.41, 5.74) is 2.99. The molecule has 118 valence electrons. The number of allylic oxidation sites excluding steroid dienone is 3. The van der Waals surface area contributed by atoms with Crippen LogP contribution in [-0.2, 0) is 4.79 Å². The minimum Gasteiger partial charge on any atom is -0.508 e. The van der Waals surface area contributed by atoms with E-state index in [-0.39, 0.29) is 22.9 Å². The molecule has 0 spiro atoms. The van der Waals surface area contributed by atoms with Crippen molar-refractivity contribution in [3.63, 3.8) is 0 Å². The number of nitrogens with one attached hydrogen (secondary N) is 1. The molecule has 1 aromatic rings. The summed E-state index contributed by atoms with van der Waals surface area (Å²) in [5, 5.41) is 22.3. The van der Waals surface area contributed by atoms with Gasteiger partial charge in [-0.2, -0.15) is 5.26 Å². The molecule has 1 aromatic carbocycles. The number of carbonyl (C=O) groups is 1. The number of hydrogen-bond donors (Lipinski definition) is 2. The third-order valence-corrected chi connectivity index (χ3v) is 4.64. The van der Waals surface area contributed by atoms with Crippen molar-refractivity contribution in [2.45, 2.75) is 32.6 Å². The van der Waals surface area contributed by atoms with Gasteiger partial charge in [-0.1, -0.05) is 32.6 Å². The van der Waals surface area contributed by atoms with Gasteiger partial charge in [0.05, 0.1) is 12.0 Å². The topological polar surface area (TPSA) is 73.1 Å². The summed E-state index contributed by atoms with van der Waals surface area (Å²) in [5.74, 6) is -0.564. The van der Waals surface area contributed by atoms with Crippen LogP contribution in [0, 0.1) is 22.7 Å². The van der Waals surface area contributed by atoms with Crippen LogP contribution in [0.25, 0.3) is 0 Å². The van der Waals surface area contributed by atoms with Crippen molar-refractivity contribution in [1.29, 1.82) is 5.26 Å². The maximum Gasteiger partial charge on any atom is 0.161 e. The molecule has 2 atom stereocenters. The molecule has 0 bridgehead atoms. The van der Waals surface area contributed by atoms with Gasteiger partial charge in [0.25, 0.3) is 0 Å². The fraction of sp³-hybridized carbons (Fsp3) is 0.368. The highest BCUT2D eigenvalue weighted by atomic mass is 16.3. The second-order valence-electron chi connectivity index (χ2n) is 7.16. The molecule has 1 aliphatic carbocycles. The third-order valence-electron chi connectivity index (χ3n) is 4.64. The average molecular weight is 308 g/mol. The first-order valence-electron chi connectivity index (χ1n) is 7.73. The number of rotatable bonds is 1. The van der Waals surface area contributed by atoms with Crippen molar-refractivity contribution in [2.24, 2.45) is 11.3 Å². The van der Waals surface area contributed by atoms with E-state index in [9.17, 15) is 15.2 Å². The SMILES string of the molecule is C=C1NC2=C(C(=O)CC(C)(C)C2)C(c2ccc(O)cc2)C1C#N. The van der Waals surface area contributed by atoms with E-state index >= 15 is 0 Å². The number of benzene rings is 1. The fourth-order valence-electron chi connectivity index (χ4n) is 3.64. The van der Waals surface area contributed by atoms with E-state index in [0.717, 1.165) is 17.7 Å². The summed E-state index contributed by atoms with van der Waals surface area (Å²) in [6.07, 6.45) is 1.24. The van der Waals surface area contributed by atoms with Crippen molar-refractivity contribution in [2.75, 3.05) is 0 Å². The Bertz CT molecular complexity index is 751. The molecule has 0 radical (unpaired) electrons. The first kappa shape index (κ1) is 15.4. The third kappa shape index (κ3) is 2.63. The van der Waals surface area contributed by atoms with Gasteiger partial charge in [-0.3, -0.25) is 4.79 Å². The van der Waals surface area contributed by atoms with E-state index in [0.29, 0.717) is 17.7 Å². The molecule has 4 heteroatoms. The van der Waals surface area contributed by atoms with Crippen LogP contribution in [0.4, 0.5) is 0 Å². The summed E-state index contributed by atoms with van der Waals surface area (Å²) in [4.78, 5) is 12.8. The van der Waals surface area contributed by atoms with Gasteiger partial charge in [-0.25, -0.2) is 0 Å². The van der Waals surface area contributed by atoms with Gasteiger partial charge < -0.3 is 10.4 Å². The Labute approximate surface area is 136 Å². The molecular formula is C19H20N2O2. The van der Waals surface area contributed by atoms with Gasteiger partial charge in [0, 0.05) is 29.3 Å². The minimum absolute atomic E-state index is 0.0922. The monoisotopic (exact) mass is 308 g/mol. The molecule has 2 aliphatic rings. The first-order valence-corrected chi connectivity index (χ1v) is 7.73. The largest absolute Gasteiger partial charge is 0.508 e. The summed E-state index contributed by atoms with van der Waals surface area (Å²) >= 11 is 0. The number of phenolic OH excluding ortho intramolecular Hbond substituents is 1. The van der Waals surface area contributed by atoms with Crippen molar-refractivity contribution >= 4 is 5.78 Å². The maximum absolute atomic E-state index is 12.8. The van der Waals surface area contributed by atoms with Crippen molar-refractivity contribution in [3.8, 4) is 11.8 Å². The van der Waals surface area contributed by atoms with E-state index in [4.69, 9.17) is 0 Å². The van der Waals surface area contributed by atoms with Crippen LogP contribution in [0.1, 0.15) is 38.2 Å². The Kier molecular flexibility index (Phi) is 3.52. The lowest BCUT2D eigenvalue weighted by molar-refractivity contribution is -0.118. The molecule has 0 fully saturated rings. The molecular weight excluding hydrogens is 288 g/mol. The van der Waals surface area contributed by atoms with Crippen molar-refractivity contribution in [1.82, 2.24) is 5.32 Å². The van der Waals surface area contributed by atoms with Crippen LogP contribution in [-0.4, -0.2) is 10.9 Å². The number of Topliss-reactive ketones (excluding diaryl/α,β-unsaturated/α-hetero) is 1. The number of nitriles is 1. The average Bonchev–Trinajstić information content (AvgIpc) is 2.45. The predicted molar refractivity (Wildman–Crippen MR) is 87.3 cm³/mol. The summed E-state index contributed by atoms with van der Waals surface area (Å²) < 4.78 is 0. The quantitative estimate of drug-likeness (QED) is 0.834. The lowest BCUT2D eigenvalue weighted by atomic mass is 9.67. The zero-order valence-electron chi connectivity index (χ0n) is 13.4. The molecule has 0 saturated carbocycles. The smallest absolute Gasteiger partial charge is 0.161 e. The number of phenols is 1. The molecule has 2 N–H and O–H groups in total. The Morgan fingerprint density at radius 1 is 1.30 bits per heavy atom. The van der Waals surface area contributed by atoms with Gasteiger partial charge in [-0.15, -0.1) is 0 Å². The van der Waals surface area contributed by atoms with Gasteiger partial charge in [0.15, 0.2) is 5.78 Å². The van der Waals surface area contributed by atoms with Crippen molar-refractivity contribution in [3.05, 3.63) is 53.4 Å². The second kappa shape index (κ2) is 5.27. The number of hydrogen-bond acceptors (Lipinski definition) is 4. The van der Waals surface area contributed by atoms with E-state index in [2.05, 4.69) is 31.8 Å². The highest BCUT2D eigenvalue weighted by Crippen LogP contribution is 2.47. The van der Waals surface area contributed by atoms with Crippen LogP contribution in [0.15, 0.2) is 47.8 Å². The zero-order valence-corrected chi connectivity index (χ0v) is 13.4. The molecule has 0 amide bonds.